The summed E-state index contributed by atoms with van der Waals surface area (Å²) in [5, 5.41) is 3.07. The van der Waals surface area contributed by atoms with Gasteiger partial charge in [0.05, 0.1) is 31.3 Å². The molecule has 1 unspecified atom stereocenters. The van der Waals surface area contributed by atoms with Crippen LogP contribution >= 0.6 is 0 Å². The van der Waals surface area contributed by atoms with E-state index in [-0.39, 0.29) is 11.9 Å². The second-order valence-corrected chi connectivity index (χ2v) is 7.08. The van der Waals surface area contributed by atoms with Crippen LogP contribution in [0.3, 0.4) is 0 Å². The van der Waals surface area contributed by atoms with Gasteiger partial charge in [0, 0.05) is 12.1 Å². The van der Waals surface area contributed by atoms with E-state index in [4.69, 9.17) is 14.5 Å². The number of imidazole rings is 1. The zero-order valence-electron chi connectivity index (χ0n) is 17.6. The number of aryl methyl sites for hydroxylation is 1. The van der Waals surface area contributed by atoms with Crippen molar-refractivity contribution in [3.05, 3.63) is 53.9 Å². The number of para-hydroxylation sites is 2. The number of aromatic nitrogens is 2. The molecule has 1 aromatic heterocycles. The van der Waals surface area contributed by atoms with Crippen LogP contribution < -0.4 is 14.8 Å². The number of carbonyl (C=O) groups is 1. The van der Waals surface area contributed by atoms with Gasteiger partial charge in [-0.2, -0.15) is 0 Å². The molecule has 0 saturated carbocycles. The molecule has 1 heterocycles. The largest absolute Gasteiger partial charge is 0.493 e. The van der Waals surface area contributed by atoms with Crippen LogP contribution in [0.25, 0.3) is 11.0 Å². The number of amides is 1. The lowest BCUT2D eigenvalue weighted by Crippen LogP contribution is -2.28. The SMILES string of the molecule is CCCCCn1c(C(C)NC(=O)c2ccc(OC)c(OC)c2)nc2ccccc21. The fraction of sp³-hybridized carbons (Fsp3) is 0.391. The predicted octanol–water partition coefficient (Wildman–Crippen LogP) is 4.73. The van der Waals surface area contributed by atoms with Crippen LogP contribution in [0.15, 0.2) is 42.5 Å². The van der Waals surface area contributed by atoms with Crippen molar-refractivity contribution < 1.29 is 14.3 Å². The van der Waals surface area contributed by atoms with Crippen molar-refractivity contribution in [1.82, 2.24) is 14.9 Å². The van der Waals surface area contributed by atoms with E-state index < -0.39 is 0 Å². The predicted molar refractivity (Wildman–Crippen MR) is 115 cm³/mol. The third kappa shape index (κ3) is 4.53. The van der Waals surface area contributed by atoms with E-state index >= 15 is 0 Å². The lowest BCUT2D eigenvalue weighted by Gasteiger charge is -2.17. The molecule has 154 valence electrons. The van der Waals surface area contributed by atoms with E-state index in [1.54, 1.807) is 32.4 Å². The molecule has 0 aliphatic rings. The number of fused-ring (bicyclic) bond motifs is 1. The van der Waals surface area contributed by atoms with Crippen LogP contribution in [0.1, 0.15) is 55.3 Å². The molecule has 2 aromatic carbocycles. The zero-order valence-corrected chi connectivity index (χ0v) is 17.6. The molecule has 0 fully saturated rings. The second-order valence-electron chi connectivity index (χ2n) is 7.08. The second kappa shape index (κ2) is 9.45. The summed E-state index contributed by atoms with van der Waals surface area (Å²) in [6.07, 6.45) is 3.41. The minimum atomic E-state index is -0.232. The highest BCUT2D eigenvalue weighted by Gasteiger charge is 2.19. The number of ether oxygens (including phenoxy) is 2. The number of carbonyl (C=O) groups excluding carboxylic acids is 1. The number of rotatable bonds is 9. The van der Waals surface area contributed by atoms with Crippen molar-refractivity contribution in [1.29, 1.82) is 0 Å². The number of nitrogens with zero attached hydrogens (tertiary/aromatic N) is 2. The van der Waals surface area contributed by atoms with Gasteiger partial charge in [-0.25, -0.2) is 4.98 Å². The van der Waals surface area contributed by atoms with E-state index in [0.29, 0.717) is 17.1 Å². The standard InChI is InChI=1S/C23H29N3O3/c1-5-6-9-14-26-19-11-8-7-10-18(19)25-22(26)16(2)24-23(27)17-12-13-20(28-3)21(15-17)29-4/h7-8,10-13,15-16H,5-6,9,14H2,1-4H3,(H,24,27). The van der Waals surface area contributed by atoms with Gasteiger partial charge < -0.3 is 19.4 Å². The molecule has 6 heteroatoms. The van der Waals surface area contributed by atoms with Crippen molar-refractivity contribution in [3.8, 4) is 11.5 Å². The molecule has 0 spiro atoms. The summed E-state index contributed by atoms with van der Waals surface area (Å²) < 4.78 is 12.8. The highest BCUT2D eigenvalue weighted by Crippen LogP contribution is 2.28. The molecule has 1 N–H and O–H groups in total. The Morgan fingerprint density at radius 3 is 2.59 bits per heavy atom. The van der Waals surface area contributed by atoms with Crippen LogP contribution in [0.2, 0.25) is 0 Å². The summed E-state index contributed by atoms with van der Waals surface area (Å²) in [5.41, 5.74) is 2.57. The maximum atomic E-state index is 12.8. The average Bonchev–Trinajstić information content (AvgIpc) is 3.12. The Morgan fingerprint density at radius 1 is 1.10 bits per heavy atom. The topological polar surface area (TPSA) is 65.4 Å². The molecule has 1 amide bonds. The molecule has 0 aliphatic carbocycles. The van der Waals surface area contributed by atoms with Crippen LogP contribution in [-0.2, 0) is 6.54 Å². The van der Waals surface area contributed by atoms with Gasteiger partial charge in [-0.15, -0.1) is 0 Å². The van der Waals surface area contributed by atoms with Crippen molar-refractivity contribution in [2.24, 2.45) is 0 Å². The Labute approximate surface area is 171 Å². The highest BCUT2D eigenvalue weighted by molar-refractivity contribution is 5.95. The summed E-state index contributed by atoms with van der Waals surface area (Å²) in [6.45, 7) is 5.05. The van der Waals surface area contributed by atoms with E-state index in [9.17, 15) is 4.79 Å². The number of benzene rings is 2. The molecule has 29 heavy (non-hydrogen) atoms. The van der Waals surface area contributed by atoms with Crippen LogP contribution in [0.5, 0.6) is 11.5 Å². The average molecular weight is 396 g/mol. The molecule has 0 saturated heterocycles. The Hall–Kier alpha value is -3.02. The van der Waals surface area contributed by atoms with Crippen LogP contribution in [0.4, 0.5) is 0 Å². The number of nitrogens with one attached hydrogen (secondary N) is 1. The third-order valence-corrected chi connectivity index (χ3v) is 5.05. The van der Waals surface area contributed by atoms with Gasteiger partial charge >= 0.3 is 0 Å². The summed E-state index contributed by atoms with van der Waals surface area (Å²) in [4.78, 5) is 17.6. The molecule has 6 nitrogen and oxygen atoms in total. The Morgan fingerprint density at radius 2 is 1.86 bits per heavy atom. The molecule has 3 rings (SSSR count). The maximum Gasteiger partial charge on any atom is 0.251 e. The number of unbranched alkanes of at least 4 members (excludes halogenated alkanes) is 2. The fourth-order valence-corrected chi connectivity index (χ4v) is 3.50. The minimum absolute atomic E-state index is 0.175. The summed E-state index contributed by atoms with van der Waals surface area (Å²) in [6, 6.07) is 13.0. The first-order chi connectivity index (χ1) is 14.1. The van der Waals surface area contributed by atoms with Gasteiger partial charge in [-0.1, -0.05) is 31.9 Å². The van der Waals surface area contributed by atoms with Gasteiger partial charge in [0.25, 0.3) is 5.91 Å². The Kier molecular flexibility index (Phi) is 6.75. The van der Waals surface area contributed by atoms with Crippen molar-refractivity contribution in [3.63, 3.8) is 0 Å². The van der Waals surface area contributed by atoms with Crippen LogP contribution in [-0.4, -0.2) is 29.7 Å². The molecular formula is C23H29N3O3. The van der Waals surface area contributed by atoms with E-state index in [2.05, 4.69) is 22.9 Å². The first-order valence-electron chi connectivity index (χ1n) is 10.1. The molecule has 0 aliphatic heterocycles. The first-order valence-corrected chi connectivity index (χ1v) is 10.1. The van der Waals surface area contributed by atoms with Crippen molar-refractivity contribution in [2.45, 2.75) is 45.7 Å². The fourth-order valence-electron chi connectivity index (χ4n) is 3.50. The van der Waals surface area contributed by atoms with Gasteiger partial charge in [0.1, 0.15) is 5.82 Å². The number of hydrogen-bond donors (Lipinski definition) is 1. The summed E-state index contributed by atoms with van der Waals surface area (Å²) >= 11 is 0. The summed E-state index contributed by atoms with van der Waals surface area (Å²) in [7, 11) is 3.13. The van der Waals surface area contributed by atoms with Gasteiger partial charge in [0.15, 0.2) is 11.5 Å². The quantitative estimate of drug-likeness (QED) is 0.532. The minimum Gasteiger partial charge on any atom is -0.493 e. The molecular weight excluding hydrogens is 366 g/mol. The number of methoxy groups -OCH3 is 2. The Bertz CT molecular complexity index is 981. The monoisotopic (exact) mass is 395 g/mol. The normalized spacial score (nSPS) is 12.0. The van der Waals surface area contributed by atoms with Crippen molar-refractivity contribution in [2.75, 3.05) is 14.2 Å². The zero-order chi connectivity index (χ0) is 20.8. The lowest BCUT2D eigenvalue weighted by molar-refractivity contribution is 0.0937. The molecule has 0 bridgehead atoms. The van der Waals surface area contributed by atoms with E-state index in [0.717, 1.165) is 36.2 Å². The highest BCUT2D eigenvalue weighted by atomic mass is 16.5. The molecule has 3 aromatic rings. The molecule has 0 radical (unpaired) electrons. The van der Waals surface area contributed by atoms with Gasteiger partial charge in [-0.3, -0.25) is 4.79 Å². The van der Waals surface area contributed by atoms with Gasteiger partial charge in [0.2, 0.25) is 0 Å². The first kappa shape index (κ1) is 20.7. The smallest absolute Gasteiger partial charge is 0.251 e. The van der Waals surface area contributed by atoms with Crippen LogP contribution in [0, 0.1) is 0 Å². The Balaban J connectivity index is 1.84. The van der Waals surface area contributed by atoms with Gasteiger partial charge in [-0.05, 0) is 43.7 Å². The van der Waals surface area contributed by atoms with Crippen molar-refractivity contribution >= 4 is 16.9 Å². The third-order valence-electron chi connectivity index (χ3n) is 5.05. The molecule has 1 atom stereocenters. The maximum absolute atomic E-state index is 12.8. The van der Waals surface area contributed by atoms with E-state index in [1.165, 1.54) is 6.42 Å². The lowest BCUT2D eigenvalue weighted by atomic mass is 10.1. The van der Waals surface area contributed by atoms with E-state index in [1.807, 2.05) is 25.1 Å². The summed E-state index contributed by atoms with van der Waals surface area (Å²) in [5.74, 6) is 1.82. The number of hydrogen-bond acceptors (Lipinski definition) is 4.